The maximum absolute atomic E-state index is 15.5. The van der Waals surface area contributed by atoms with E-state index in [2.05, 4.69) is 25.3 Å². The monoisotopic (exact) mass is 566 g/mol. The van der Waals surface area contributed by atoms with Crippen LogP contribution in [0.15, 0.2) is 41.8 Å². The minimum absolute atomic E-state index is 0.148. The molecule has 4 atom stereocenters. The zero-order valence-electron chi connectivity index (χ0n) is 20.7. The molecule has 2 aliphatic heterocycles. The summed E-state index contributed by atoms with van der Waals surface area (Å²) >= 11 is 5.94. The summed E-state index contributed by atoms with van der Waals surface area (Å²) in [5.41, 5.74) is -0.148. The Kier molecular flexibility index (Phi) is 7.09. The lowest BCUT2D eigenvalue weighted by atomic mass is 9.77. The fourth-order valence-corrected chi connectivity index (χ4v) is 5.62. The highest BCUT2D eigenvalue weighted by molar-refractivity contribution is 7.90. The highest BCUT2D eigenvalue weighted by atomic mass is 35.5. The number of anilines is 3. The van der Waals surface area contributed by atoms with E-state index in [4.69, 9.17) is 21.1 Å². The fraction of sp³-hybridized carbons (Fsp3) is 0.417. The maximum atomic E-state index is 15.5. The van der Waals surface area contributed by atoms with E-state index >= 15 is 4.39 Å². The molecule has 5 rings (SSSR count). The van der Waals surface area contributed by atoms with Crippen LogP contribution < -0.4 is 15.0 Å². The van der Waals surface area contributed by atoms with Crippen molar-refractivity contribution in [3.63, 3.8) is 0 Å². The molecule has 0 saturated carbocycles. The van der Waals surface area contributed by atoms with E-state index in [1.807, 2.05) is 18.7 Å². The molecule has 4 heterocycles. The molecule has 2 aliphatic rings. The van der Waals surface area contributed by atoms with Crippen molar-refractivity contribution in [2.45, 2.75) is 37.1 Å². The lowest BCUT2D eigenvalue weighted by Crippen LogP contribution is -2.63. The summed E-state index contributed by atoms with van der Waals surface area (Å²) in [6.07, 6.45) is 4.32. The third-order valence-corrected chi connectivity index (χ3v) is 8.16. The van der Waals surface area contributed by atoms with Crippen LogP contribution in [0.3, 0.4) is 0 Å². The van der Waals surface area contributed by atoms with Crippen LogP contribution >= 0.6 is 11.6 Å². The third-order valence-electron chi connectivity index (χ3n) is 6.86. The van der Waals surface area contributed by atoms with E-state index < -0.39 is 27.6 Å². The Morgan fingerprint density at radius 2 is 1.74 bits per heavy atom. The summed E-state index contributed by atoms with van der Waals surface area (Å²) in [6, 6.07) is 3.28. The van der Waals surface area contributed by atoms with Crippen LogP contribution in [0.5, 0.6) is 5.88 Å². The Hall–Kier alpha value is -3.16. The molecule has 202 valence electrons. The predicted molar refractivity (Wildman–Crippen MR) is 135 cm³/mol. The second-order valence-electron chi connectivity index (χ2n) is 9.44. The Morgan fingerprint density at radius 3 is 2.34 bits per heavy atom. The molecular formula is C24H25ClF2N6O4S. The molecule has 0 spiro atoms. The van der Waals surface area contributed by atoms with E-state index in [1.54, 1.807) is 0 Å². The quantitative estimate of drug-likeness (QED) is 0.473. The number of nitrogens with one attached hydrogen (secondary N) is 1. The summed E-state index contributed by atoms with van der Waals surface area (Å²) in [5, 5.41) is 3.00. The number of piperidine rings is 1. The molecule has 2 bridgehead atoms. The van der Waals surface area contributed by atoms with Crippen molar-refractivity contribution >= 4 is 38.9 Å². The van der Waals surface area contributed by atoms with Gasteiger partial charge in [0.2, 0.25) is 11.8 Å². The Labute approximate surface area is 223 Å². The molecule has 0 aliphatic carbocycles. The molecule has 10 nitrogen and oxygen atoms in total. The number of nitrogens with zero attached hydrogens (tertiary/aromatic N) is 5. The van der Waals surface area contributed by atoms with Crippen LogP contribution in [0.2, 0.25) is 5.02 Å². The van der Waals surface area contributed by atoms with Gasteiger partial charge in [-0.05, 0) is 32.0 Å². The SMILES string of the molecule is CC1OC(C)C2CN(c3ncc(Cl)cn3)CC1C2Oc1ncnc(Nc2ccc(S(C)(=O)=O)cc2F)c1F. The van der Waals surface area contributed by atoms with Gasteiger partial charge in [0.15, 0.2) is 15.7 Å². The molecule has 38 heavy (non-hydrogen) atoms. The van der Waals surface area contributed by atoms with Gasteiger partial charge in [0.1, 0.15) is 18.2 Å². The summed E-state index contributed by atoms with van der Waals surface area (Å²) in [5.74, 6) is -2.15. The highest BCUT2D eigenvalue weighted by Gasteiger charge is 2.49. The standard InChI is InChI=1S/C24H25ClF2N6O4S/c1-12-16-9-33(24-28-7-14(25)8-29-24)10-17(13(2)36-12)21(16)37-23-20(27)22(30-11-31-23)32-19-5-4-15(6-18(19)26)38(3,34)35/h4-8,11-13,16-17,21H,9-10H2,1-3H3,(H,30,31,32). The van der Waals surface area contributed by atoms with Crippen LogP contribution in [-0.4, -0.2) is 66.0 Å². The van der Waals surface area contributed by atoms with Gasteiger partial charge in [-0.2, -0.15) is 9.37 Å². The van der Waals surface area contributed by atoms with Crippen molar-refractivity contribution in [1.82, 2.24) is 19.9 Å². The number of sulfone groups is 1. The summed E-state index contributed by atoms with van der Waals surface area (Å²) in [7, 11) is -3.60. The van der Waals surface area contributed by atoms with Crippen LogP contribution in [0.4, 0.5) is 26.2 Å². The Bertz CT molecular complexity index is 1430. The van der Waals surface area contributed by atoms with Crippen molar-refractivity contribution in [1.29, 1.82) is 0 Å². The molecular weight excluding hydrogens is 542 g/mol. The van der Waals surface area contributed by atoms with Gasteiger partial charge in [0.25, 0.3) is 5.88 Å². The van der Waals surface area contributed by atoms with E-state index in [0.29, 0.717) is 24.1 Å². The zero-order valence-corrected chi connectivity index (χ0v) is 22.2. The highest BCUT2D eigenvalue weighted by Crippen LogP contribution is 2.39. The average Bonchev–Trinajstić information content (AvgIpc) is 2.86. The van der Waals surface area contributed by atoms with E-state index in [0.717, 1.165) is 18.6 Å². The van der Waals surface area contributed by atoms with Crippen molar-refractivity contribution in [2.24, 2.45) is 11.8 Å². The van der Waals surface area contributed by atoms with Gasteiger partial charge in [0, 0.05) is 31.2 Å². The van der Waals surface area contributed by atoms with Crippen molar-refractivity contribution in [3.05, 3.63) is 53.6 Å². The molecule has 1 N–H and O–H groups in total. The molecule has 0 radical (unpaired) electrons. The lowest BCUT2D eigenvalue weighted by molar-refractivity contribution is -0.158. The van der Waals surface area contributed by atoms with Gasteiger partial charge in [-0.3, -0.25) is 0 Å². The van der Waals surface area contributed by atoms with Crippen molar-refractivity contribution < 1.29 is 26.7 Å². The third kappa shape index (κ3) is 5.22. The van der Waals surface area contributed by atoms with Gasteiger partial charge < -0.3 is 19.7 Å². The van der Waals surface area contributed by atoms with Gasteiger partial charge in [-0.25, -0.2) is 27.8 Å². The summed E-state index contributed by atoms with van der Waals surface area (Å²) < 4.78 is 65.6. The number of aromatic nitrogens is 4. The normalized spacial score (nSPS) is 25.2. The minimum atomic E-state index is -3.60. The molecule has 14 heteroatoms. The molecule has 1 aromatic carbocycles. The smallest absolute Gasteiger partial charge is 0.256 e. The van der Waals surface area contributed by atoms with Gasteiger partial charge in [-0.1, -0.05) is 11.6 Å². The molecule has 4 unspecified atom stereocenters. The summed E-state index contributed by atoms with van der Waals surface area (Å²) in [6.45, 7) is 4.89. The number of ether oxygens (including phenoxy) is 2. The molecule has 2 saturated heterocycles. The van der Waals surface area contributed by atoms with Crippen LogP contribution in [0, 0.1) is 23.5 Å². The number of benzene rings is 1. The second-order valence-corrected chi connectivity index (χ2v) is 11.9. The fourth-order valence-electron chi connectivity index (χ4n) is 4.89. The Balaban J connectivity index is 1.38. The second kappa shape index (κ2) is 10.2. The molecule has 0 amide bonds. The Morgan fingerprint density at radius 1 is 1.08 bits per heavy atom. The van der Waals surface area contributed by atoms with Gasteiger partial charge in [0.05, 0.1) is 40.2 Å². The first-order valence-electron chi connectivity index (χ1n) is 11.8. The minimum Gasteiger partial charge on any atom is -0.471 e. The van der Waals surface area contributed by atoms with Crippen LogP contribution in [0.1, 0.15) is 13.8 Å². The topological polar surface area (TPSA) is 119 Å². The average molecular weight is 567 g/mol. The number of hydrogen-bond donors (Lipinski definition) is 1. The molecule has 3 aromatic rings. The van der Waals surface area contributed by atoms with Gasteiger partial charge in [-0.15, -0.1) is 0 Å². The first-order chi connectivity index (χ1) is 18.0. The van der Waals surface area contributed by atoms with E-state index in [1.165, 1.54) is 24.5 Å². The molecule has 2 aromatic heterocycles. The number of rotatable bonds is 6. The largest absolute Gasteiger partial charge is 0.471 e. The lowest BCUT2D eigenvalue weighted by Gasteiger charge is -2.51. The first-order valence-corrected chi connectivity index (χ1v) is 14.1. The van der Waals surface area contributed by atoms with Crippen molar-refractivity contribution in [2.75, 3.05) is 29.6 Å². The van der Waals surface area contributed by atoms with Crippen molar-refractivity contribution in [3.8, 4) is 5.88 Å². The first kappa shape index (κ1) is 26.4. The van der Waals surface area contributed by atoms with Crippen LogP contribution in [0.25, 0.3) is 0 Å². The number of fused-ring (bicyclic) bond motifs is 2. The summed E-state index contributed by atoms with van der Waals surface area (Å²) in [4.78, 5) is 18.4. The van der Waals surface area contributed by atoms with E-state index in [-0.39, 0.29) is 46.3 Å². The zero-order chi connectivity index (χ0) is 27.2. The number of halogens is 3. The maximum Gasteiger partial charge on any atom is 0.256 e. The van der Waals surface area contributed by atoms with Crippen LogP contribution in [-0.2, 0) is 14.6 Å². The predicted octanol–water partition coefficient (Wildman–Crippen LogP) is 3.65. The van der Waals surface area contributed by atoms with Gasteiger partial charge >= 0.3 is 0 Å². The molecule has 2 fully saturated rings. The number of hydrogen-bond acceptors (Lipinski definition) is 10. The van der Waals surface area contributed by atoms with E-state index in [9.17, 15) is 12.8 Å².